The summed E-state index contributed by atoms with van der Waals surface area (Å²) >= 11 is 1.27. The van der Waals surface area contributed by atoms with Gasteiger partial charge in [-0.25, -0.2) is 14.6 Å². The number of carboxylic acid groups (broad SMARTS) is 2. The molecule has 0 aliphatic heterocycles. The van der Waals surface area contributed by atoms with Crippen molar-refractivity contribution in [3.8, 4) is 0 Å². The van der Waals surface area contributed by atoms with E-state index < -0.39 is 11.9 Å². The van der Waals surface area contributed by atoms with Crippen molar-refractivity contribution in [1.29, 1.82) is 0 Å². The predicted molar refractivity (Wildman–Crippen MR) is 53.5 cm³/mol. The lowest BCUT2D eigenvalue weighted by molar-refractivity contribution is 0.0652. The summed E-state index contributed by atoms with van der Waals surface area (Å²) in [5, 5.41) is 17.7. The van der Waals surface area contributed by atoms with Gasteiger partial charge in [-0.1, -0.05) is 0 Å². The van der Waals surface area contributed by atoms with Gasteiger partial charge in [0, 0.05) is 0 Å². The third-order valence-electron chi connectivity index (χ3n) is 1.93. The third-order valence-corrected chi connectivity index (χ3v) is 2.72. The van der Waals surface area contributed by atoms with Crippen molar-refractivity contribution >= 4 is 33.5 Å². The van der Waals surface area contributed by atoms with Gasteiger partial charge in [-0.15, -0.1) is 11.3 Å². The van der Waals surface area contributed by atoms with Gasteiger partial charge in [-0.05, 0) is 12.1 Å². The molecule has 2 aromatic rings. The minimum absolute atomic E-state index is 0.209. The van der Waals surface area contributed by atoms with Crippen LogP contribution in [0.5, 0.6) is 0 Å². The van der Waals surface area contributed by atoms with E-state index in [1.807, 2.05) is 0 Å². The van der Waals surface area contributed by atoms with Crippen LogP contribution in [0.1, 0.15) is 20.7 Å². The van der Waals surface area contributed by atoms with E-state index in [-0.39, 0.29) is 11.1 Å². The number of carbonyl (C=O) groups is 2. The van der Waals surface area contributed by atoms with E-state index in [2.05, 4.69) is 4.98 Å². The normalized spacial score (nSPS) is 10.4. The highest BCUT2D eigenvalue weighted by molar-refractivity contribution is 7.16. The molecule has 0 fully saturated rings. The Hall–Kier alpha value is -1.95. The first kappa shape index (κ1) is 9.60. The zero-order valence-corrected chi connectivity index (χ0v) is 8.11. The van der Waals surface area contributed by atoms with Crippen LogP contribution in [-0.2, 0) is 0 Å². The van der Waals surface area contributed by atoms with Gasteiger partial charge in [0.05, 0.1) is 26.9 Å². The minimum Gasteiger partial charge on any atom is -0.478 e. The predicted octanol–water partition coefficient (Wildman–Crippen LogP) is 1.69. The number of thiazole rings is 1. The standard InChI is InChI=1S/C9H5NO4S/c11-8(12)4-1-6-7(15-3-10-6)2-5(4)9(13)14/h1-3H,(H,11,12)(H,13,14). The first-order valence-corrected chi connectivity index (χ1v) is 4.81. The molecule has 2 N–H and O–H groups in total. The lowest BCUT2D eigenvalue weighted by atomic mass is 10.1. The molecule has 15 heavy (non-hydrogen) atoms. The Morgan fingerprint density at radius 1 is 1.13 bits per heavy atom. The Balaban J connectivity index is 2.79. The molecule has 5 nitrogen and oxygen atoms in total. The fourth-order valence-electron chi connectivity index (χ4n) is 1.26. The summed E-state index contributed by atoms with van der Waals surface area (Å²) in [5.41, 5.74) is 1.60. The summed E-state index contributed by atoms with van der Waals surface area (Å²) in [6.45, 7) is 0. The van der Waals surface area contributed by atoms with Crippen molar-refractivity contribution in [3.05, 3.63) is 28.8 Å². The third kappa shape index (κ3) is 1.55. The molecule has 1 heterocycles. The Bertz CT molecular complexity index is 512. The van der Waals surface area contributed by atoms with Gasteiger partial charge in [0.1, 0.15) is 0 Å². The Labute approximate surface area is 87.6 Å². The Morgan fingerprint density at radius 2 is 1.73 bits per heavy atom. The number of carboxylic acids is 2. The van der Waals surface area contributed by atoms with Crippen LogP contribution >= 0.6 is 11.3 Å². The monoisotopic (exact) mass is 223 g/mol. The molecule has 0 amide bonds. The molecule has 0 radical (unpaired) electrons. The van der Waals surface area contributed by atoms with Crippen molar-refractivity contribution in [2.24, 2.45) is 0 Å². The molecule has 0 bridgehead atoms. The number of rotatable bonds is 2. The van der Waals surface area contributed by atoms with E-state index in [4.69, 9.17) is 10.2 Å². The Morgan fingerprint density at radius 3 is 2.33 bits per heavy atom. The van der Waals surface area contributed by atoms with Crippen LogP contribution in [-0.4, -0.2) is 27.1 Å². The molecular formula is C9H5NO4S. The Kier molecular flexibility index (Phi) is 2.12. The van der Waals surface area contributed by atoms with Gasteiger partial charge in [-0.2, -0.15) is 0 Å². The average molecular weight is 223 g/mol. The van der Waals surface area contributed by atoms with Gasteiger partial charge in [0.2, 0.25) is 0 Å². The minimum atomic E-state index is -1.26. The van der Waals surface area contributed by atoms with Crippen LogP contribution < -0.4 is 0 Å². The maximum absolute atomic E-state index is 10.8. The van der Waals surface area contributed by atoms with Gasteiger partial charge >= 0.3 is 11.9 Å². The lowest BCUT2D eigenvalue weighted by Crippen LogP contribution is -2.07. The number of hydrogen-bond acceptors (Lipinski definition) is 4. The number of aromatic nitrogens is 1. The van der Waals surface area contributed by atoms with Crippen molar-refractivity contribution in [3.63, 3.8) is 0 Å². The van der Waals surface area contributed by atoms with E-state index in [0.717, 1.165) is 0 Å². The molecule has 0 atom stereocenters. The fraction of sp³-hybridized carbons (Fsp3) is 0. The van der Waals surface area contributed by atoms with Crippen molar-refractivity contribution < 1.29 is 19.8 Å². The molecule has 76 valence electrons. The zero-order chi connectivity index (χ0) is 11.0. The van der Waals surface area contributed by atoms with E-state index in [1.165, 1.54) is 23.5 Å². The molecule has 0 aliphatic carbocycles. The van der Waals surface area contributed by atoms with Crippen LogP contribution in [0.3, 0.4) is 0 Å². The summed E-state index contributed by atoms with van der Waals surface area (Å²) < 4.78 is 0.664. The number of aromatic carboxylic acids is 2. The molecule has 1 aromatic heterocycles. The van der Waals surface area contributed by atoms with Crippen LogP contribution in [0.25, 0.3) is 10.2 Å². The van der Waals surface area contributed by atoms with Crippen LogP contribution in [0.15, 0.2) is 17.6 Å². The van der Waals surface area contributed by atoms with Gasteiger partial charge in [-0.3, -0.25) is 0 Å². The van der Waals surface area contributed by atoms with Gasteiger partial charge in [0.15, 0.2) is 0 Å². The van der Waals surface area contributed by atoms with Gasteiger partial charge in [0.25, 0.3) is 0 Å². The summed E-state index contributed by atoms with van der Waals surface area (Å²) in [6, 6.07) is 2.61. The van der Waals surface area contributed by atoms with Crippen molar-refractivity contribution in [2.45, 2.75) is 0 Å². The molecule has 2 rings (SSSR count). The largest absolute Gasteiger partial charge is 0.478 e. The first-order chi connectivity index (χ1) is 7.09. The molecule has 0 saturated heterocycles. The van der Waals surface area contributed by atoms with Crippen molar-refractivity contribution in [1.82, 2.24) is 4.98 Å². The fourth-order valence-corrected chi connectivity index (χ4v) is 1.96. The zero-order valence-electron chi connectivity index (χ0n) is 7.30. The average Bonchev–Trinajstić information content (AvgIpc) is 2.61. The quantitative estimate of drug-likeness (QED) is 0.808. The molecular weight excluding hydrogens is 218 g/mol. The summed E-state index contributed by atoms with van der Waals surface area (Å²) in [5.74, 6) is -2.51. The summed E-state index contributed by atoms with van der Waals surface area (Å²) in [7, 11) is 0. The smallest absolute Gasteiger partial charge is 0.336 e. The number of nitrogens with zero attached hydrogens (tertiary/aromatic N) is 1. The van der Waals surface area contributed by atoms with Crippen LogP contribution in [0, 0.1) is 0 Å². The number of hydrogen-bond donors (Lipinski definition) is 2. The second-order valence-corrected chi connectivity index (χ2v) is 3.71. The summed E-state index contributed by atoms with van der Waals surface area (Å²) in [4.78, 5) is 25.5. The molecule has 0 aliphatic rings. The van der Waals surface area contributed by atoms with Crippen LogP contribution in [0.4, 0.5) is 0 Å². The first-order valence-electron chi connectivity index (χ1n) is 3.93. The molecule has 0 spiro atoms. The van der Waals surface area contributed by atoms with Crippen LogP contribution in [0.2, 0.25) is 0 Å². The molecule has 6 heteroatoms. The number of benzene rings is 1. The highest BCUT2D eigenvalue weighted by atomic mass is 32.1. The second-order valence-electron chi connectivity index (χ2n) is 2.83. The van der Waals surface area contributed by atoms with E-state index in [0.29, 0.717) is 10.2 Å². The maximum atomic E-state index is 10.8. The van der Waals surface area contributed by atoms with E-state index >= 15 is 0 Å². The highest BCUT2D eigenvalue weighted by Gasteiger charge is 2.17. The molecule has 1 aromatic carbocycles. The lowest BCUT2D eigenvalue weighted by Gasteiger charge is -2.00. The van der Waals surface area contributed by atoms with E-state index in [9.17, 15) is 9.59 Å². The number of fused-ring (bicyclic) bond motifs is 1. The molecule has 0 saturated carbocycles. The van der Waals surface area contributed by atoms with E-state index in [1.54, 1.807) is 5.51 Å². The maximum Gasteiger partial charge on any atom is 0.336 e. The summed E-state index contributed by atoms with van der Waals surface area (Å²) in [6.07, 6.45) is 0. The molecule has 0 unspecified atom stereocenters. The second kappa shape index (κ2) is 3.32. The topological polar surface area (TPSA) is 87.5 Å². The van der Waals surface area contributed by atoms with Gasteiger partial charge < -0.3 is 10.2 Å². The van der Waals surface area contributed by atoms with Crippen molar-refractivity contribution in [2.75, 3.05) is 0 Å². The highest BCUT2D eigenvalue weighted by Crippen LogP contribution is 2.22. The SMILES string of the molecule is O=C(O)c1cc2ncsc2cc1C(=O)O.